The van der Waals surface area contributed by atoms with Crippen LogP contribution in [0.4, 0.5) is 0 Å². The fourth-order valence-electron chi connectivity index (χ4n) is 0.547. The zero-order chi connectivity index (χ0) is 8.85. The van der Waals surface area contributed by atoms with Crippen molar-refractivity contribution in [2.24, 2.45) is 5.73 Å². The standard InChI is InChI=1S/C7H15NO3/c1-4-10-6(8)7(9)11-5(2)3/h5-6H,4,8H2,1-3H3. The van der Waals surface area contributed by atoms with Crippen molar-refractivity contribution in [2.75, 3.05) is 6.61 Å². The lowest BCUT2D eigenvalue weighted by atomic mass is 10.5. The lowest BCUT2D eigenvalue weighted by Crippen LogP contribution is -2.36. The van der Waals surface area contributed by atoms with Gasteiger partial charge in [0.2, 0.25) is 6.23 Å². The van der Waals surface area contributed by atoms with E-state index in [1.807, 2.05) is 0 Å². The van der Waals surface area contributed by atoms with Crippen molar-refractivity contribution in [3.05, 3.63) is 0 Å². The number of hydrogen-bond acceptors (Lipinski definition) is 4. The van der Waals surface area contributed by atoms with Gasteiger partial charge in [-0.2, -0.15) is 0 Å². The fraction of sp³-hybridized carbons (Fsp3) is 0.857. The molecule has 0 amide bonds. The summed E-state index contributed by atoms with van der Waals surface area (Å²) in [5.74, 6) is -0.512. The first-order chi connectivity index (χ1) is 5.07. The highest BCUT2D eigenvalue weighted by Crippen LogP contribution is 1.93. The monoisotopic (exact) mass is 161 g/mol. The Hall–Kier alpha value is -0.610. The van der Waals surface area contributed by atoms with Crippen LogP contribution in [0.5, 0.6) is 0 Å². The summed E-state index contributed by atoms with van der Waals surface area (Å²) in [7, 11) is 0. The predicted octanol–water partition coefficient (Wildman–Crippen LogP) is 0.259. The summed E-state index contributed by atoms with van der Waals surface area (Å²) in [4.78, 5) is 10.9. The van der Waals surface area contributed by atoms with Crippen LogP contribution < -0.4 is 5.73 Å². The van der Waals surface area contributed by atoms with E-state index in [-0.39, 0.29) is 6.10 Å². The van der Waals surface area contributed by atoms with E-state index in [1.54, 1.807) is 20.8 Å². The molecule has 0 saturated carbocycles. The number of carbonyl (C=O) groups is 1. The van der Waals surface area contributed by atoms with E-state index < -0.39 is 12.2 Å². The summed E-state index contributed by atoms with van der Waals surface area (Å²) >= 11 is 0. The van der Waals surface area contributed by atoms with E-state index in [0.29, 0.717) is 6.61 Å². The number of nitrogens with two attached hydrogens (primary N) is 1. The minimum Gasteiger partial charge on any atom is -0.460 e. The van der Waals surface area contributed by atoms with Gasteiger partial charge in [0.15, 0.2) is 0 Å². The van der Waals surface area contributed by atoms with Crippen molar-refractivity contribution in [1.29, 1.82) is 0 Å². The second-order valence-corrected chi connectivity index (χ2v) is 2.36. The van der Waals surface area contributed by atoms with Gasteiger partial charge in [-0.25, -0.2) is 4.79 Å². The molecule has 4 nitrogen and oxygen atoms in total. The van der Waals surface area contributed by atoms with E-state index in [9.17, 15) is 4.79 Å². The van der Waals surface area contributed by atoms with Gasteiger partial charge in [-0.05, 0) is 20.8 Å². The zero-order valence-electron chi connectivity index (χ0n) is 7.16. The maximum atomic E-state index is 10.9. The van der Waals surface area contributed by atoms with Gasteiger partial charge in [0.1, 0.15) is 0 Å². The molecule has 0 aliphatic heterocycles. The largest absolute Gasteiger partial charge is 0.460 e. The number of esters is 1. The molecule has 0 aromatic rings. The predicted molar refractivity (Wildman–Crippen MR) is 40.8 cm³/mol. The Bertz CT molecular complexity index is 125. The fourth-order valence-corrected chi connectivity index (χ4v) is 0.547. The zero-order valence-corrected chi connectivity index (χ0v) is 7.16. The third kappa shape index (κ3) is 4.75. The molecule has 0 aliphatic carbocycles. The molecule has 66 valence electrons. The van der Waals surface area contributed by atoms with Crippen molar-refractivity contribution in [3.63, 3.8) is 0 Å². The lowest BCUT2D eigenvalue weighted by molar-refractivity contribution is -0.160. The van der Waals surface area contributed by atoms with Crippen molar-refractivity contribution in [3.8, 4) is 0 Å². The highest BCUT2D eigenvalue weighted by atomic mass is 16.6. The van der Waals surface area contributed by atoms with Crippen LogP contribution in [0, 0.1) is 0 Å². The highest BCUT2D eigenvalue weighted by molar-refractivity contribution is 5.74. The van der Waals surface area contributed by atoms with Crippen molar-refractivity contribution < 1.29 is 14.3 Å². The first-order valence-corrected chi connectivity index (χ1v) is 3.65. The number of carbonyl (C=O) groups excluding carboxylic acids is 1. The molecule has 2 N–H and O–H groups in total. The second kappa shape index (κ2) is 5.09. The van der Waals surface area contributed by atoms with E-state index in [2.05, 4.69) is 0 Å². The van der Waals surface area contributed by atoms with Gasteiger partial charge in [-0.1, -0.05) is 0 Å². The van der Waals surface area contributed by atoms with E-state index in [4.69, 9.17) is 15.2 Å². The van der Waals surface area contributed by atoms with Gasteiger partial charge < -0.3 is 9.47 Å². The third-order valence-corrected chi connectivity index (χ3v) is 0.930. The van der Waals surface area contributed by atoms with Crippen LogP contribution in [0.15, 0.2) is 0 Å². The molecule has 1 atom stereocenters. The molecule has 11 heavy (non-hydrogen) atoms. The van der Waals surface area contributed by atoms with E-state index in [0.717, 1.165) is 0 Å². The molecule has 0 saturated heterocycles. The molecule has 4 heteroatoms. The molecule has 0 heterocycles. The van der Waals surface area contributed by atoms with E-state index in [1.165, 1.54) is 0 Å². The minimum absolute atomic E-state index is 0.144. The molecular formula is C7H15NO3. The third-order valence-electron chi connectivity index (χ3n) is 0.930. The molecule has 0 aromatic carbocycles. The summed E-state index contributed by atoms with van der Waals surface area (Å²) in [6.45, 7) is 5.70. The van der Waals surface area contributed by atoms with Crippen LogP contribution in [0.25, 0.3) is 0 Å². The quantitative estimate of drug-likeness (QED) is 0.474. The summed E-state index contributed by atoms with van der Waals surface area (Å²) in [6, 6.07) is 0. The Morgan fingerprint density at radius 3 is 2.45 bits per heavy atom. The molecule has 0 aromatic heterocycles. The van der Waals surface area contributed by atoms with Gasteiger partial charge in [-0.15, -0.1) is 0 Å². The van der Waals surface area contributed by atoms with Crippen molar-refractivity contribution >= 4 is 5.97 Å². The Morgan fingerprint density at radius 1 is 1.55 bits per heavy atom. The van der Waals surface area contributed by atoms with Crippen LogP contribution in [-0.4, -0.2) is 24.9 Å². The number of rotatable bonds is 4. The van der Waals surface area contributed by atoms with Crippen LogP contribution in [-0.2, 0) is 14.3 Å². The molecular weight excluding hydrogens is 146 g/mol. The number of hydrogen-bond donors (Lipinski definition) is 1. The van der Waals surface area contributed by atoms with Gasteiger partial charge in [-0.3, -0.25) is 5.73 Å². The molecule has 0 rings (SSSR count). The average Bonchev–Trinajstić information content (AvgIpc) is 1.86. The molecule has 1 unspecified atom stereocenters. The van der Waals surface area contributed by atoms with Gasteiger partial charge in [0.05, 0.1) is 6.10 Å². The summed E-state index contributed by atoms with van der Waals surface area (Å²) < 4.78 is 9.58. The van der Waals surface area contributed by atoms with Crippen LogP contribution in [0.3, 0.4) is 0 Å². The van der Waals surface area contributed by atoms with Gasteiger partial charge >= 0.3 is 5.97 Å². The van der Waals surface area contributed by atoms with Crippen molar-refractivity contribution in [2.45, 2.75) is 33.1 Å². The molecule has 0 bridgehead atoms. The summed E-state index contributed by atoms with van der Waals surface area (Å²) in [6.07, 6.45) is -1.09. The van der Waals surface area contributed by atoms with E-state index >= 15 is 0 Å². The molecule has 0 radical (unpaired) electrons. The van der Waals surface area contributed by atoms with Crippen molar-refractivity contribution in [1.82, 2.24) is 0 Å². The second-order valence-electron chi connectivity index (χ2n) is 2.36. The maximum absolute atomic E-state index is 10.9. The van der Waals surface area contributed by atoms with Gasteiger partial charge in [0, 0.05) is 6.61 Å². The minimum atomic E-state index is -0.942. The van der Waals surface area contributed by atoms with Crippen LogP contribution in [0.2, 0.25) is 0 Å². The first-order valence-electron chi connectivity index (χ1n) is 3.65. The normalized spacial score (nSPS) is 13.2. The molecule has 0 fully saturated rings. The highest BCUT2D eigenvalue weighted by Gasteiger charge is 2.15. The maximum Gasteiger partial charge on any atom is 0.350 e. The Balaban J connectivity index is 3.64. The lowest BCUT2D eigenvalue weighted by Gasteiger charge is -2.12. The van der Waals surface area contributed by atoms with Crippen LogP contribution in [0.1, 0.15) is 20.8 Å². The topological polar surface area (TPSA) is 61.5 Å². The first kappa shape index (κ1) is 10.4. The van der Waals surface area contributed by atoms with Crippen LogP contribution >= 0.6 is 0 Å². The smallest absolute Gasteiger partial charge is 0.350 e. The molecule has 0 spiro atoms. The Labute approximate surface area is 66.7 Å². The Morgan fingerprint density at radius 2 is 2.09 bits per heavy atom. The number of ether oxygens (including phenoxy) is 2. The van der Waals surface area contributed by atoms with Gasteiger partial charge in [0.25, 0.3) is 0 Å². The summed E-state index contributed by atoms with van der Waals surface area (Å²) in [5, 5.41) is 0. The average molecular weight is 161 g/mol. The summed E-state index contributed by atoms with van der Waals surface area (Å²) in [5.41, 5.74) is 5.28. The Kier molecular flexibility index (Phi) is 4.81. The molecule has 0 aliphatic rings. The SMILES string of the molecule is CCOC(N)C(=O)OC(C)C.